The van der Waals surface area contributed by atoms with Gasteiger partial charge in [-0.15, -0.1) is 0 Å². The van der Waals surface area contributed by atoms with E-state index in [0.29, 0.717) is 0 Å². The van der Waals surface area contributed by atoms with Crippen molar-refractivity contribution in [2.75, 3.05) is 12.4 Å². The zero-order chi connectivity index (χ0) is 17.2. The number of anilines is 1. The predicted octanol–water partition coefficient (Wildman–Crippen LogP) is 6.14. The Morgan fingerprint density at radius 3 is 2.43 bits per heavy atom. The first-order valence-electron chi connectivity index (χ1n) is 8.64. The van der Waals surface area contributed by atoms with Crippen molar-refractivity contribution in [3.63, 3.8) is 0 Å². The normalized spacial score (nSPS) is 10.9. The third-order valence-electron chi connectivity index (χ3n) is 3.81. The highest BCUT2D eigenvalue weighted by Gasteiger charge is 2.09. The Hall–Kier alpha value is -1.90. The molecule has 0 fully saturated rings. The molecule has 0 saturated heterocycles. The van der Waals surface area contributed by atoms with Gasteiger partial charge in [0.05, 0.1) is 5.52 Å². The fourth-order valence-electron chi connectivity index (χ4n) is 1.98. The van der Waals surface area contributed by atoms with Crippen LogP contribution < -0.4 is 5.32 Å². The monoisotopic (exact) mass is 313 g/mol. The molecule has 126 valence electrons. The van der Waals surface area contributed by atoms with Gasteiger partial charge in [0.15, 0.2) is 5.82 Å². The molecule has 1 heterocycles. The molecule has 0 aliphatic carbocycles. The van der Waals surface area contributed by atoms with Gasteiger partial charge in [-0.3, -0.25) is 4.99 Å². The number of nitrogens with zero attached hydrogens (tertiary/aromatic N) is 2. The highest BCUT2D eigenvalue weighted by molar-refractivity contribution is 5.91. The number of benzene rings is 1. The molecule has 0 radical (unpaired) electrons. The maximum absolute atomic E-state index is 4.61. The van der Waals surface area contributed by atoms with Gasteiger partial charge in [0.2, 0.25) is 0 Å². The van der Waals surface area contributed by atoms with Crippen molar-refractivity contribution < 1.29 is 0 Å². The minimum absolute atomic E-state index is 0.846. The number of aryl methyl sites for hydroxylation is 1. The topological polar surface area (TPSA) is 37.3 Å². The highest BCUT2D eigenvalue weighted by Crippen LogP contribution is 2.32. The summed E-state index contributed by atoms with van der Waals surface area (Å²) in [7, 11) is 1.88. The number of nitrogens with one attached hydrogen (secondary N) is 1. The summed E-state index contributed by atoms with van der Waals surface area (Å²) in [6.45, 7) is 10.9. The first-order chi connectivity index (χ1) is 11.0. The van der Waals surface area contributed by atoms with Gasteiger partial charge < -0.3 is 5.32 Å². The van der Waals surface area contributed by atoms with Crippen LogP contribution >= 0.6 is 0 Å². The predicted molar refractivity (Wildman–Crippen MR) is 104 cm³/mol. The summed E-state index contributed by atoms with van der Waals surface area (Å²) in [5.74, 6) is 1.73. The van der Waals surface area contributed by atoms with Crippen molar-refractivity contribution in [1.29, 1.82) is 0 Å². The Morgan fingerprint density at radius 1 is 1.22 bits per heavy atom. The minimum Gasteiger partial charge on any atom is -0.371 e. The Morgan fingerprint density at radius 2 is 1.87 bits per heavy atom. The van der Waals surface area contributed by atoms with E-state index in [4.69, 9.17) is 0 Å². The molecule has 23 heavy (non-hydrogen) atoms. The van der Waals surface area contributed by atoms with Crippen LogP contribution in [0.2, 0.25) is 0 Å². The van der Waals surface area contributed by atoms with E-state index in [1.807, 2.05) is 31.5 Å². The highest BCUT2D eigenvalue weighted by atomic mass is 15.0. The average Bonchev–Trinajstić information content (AvgIpc) is 2.57. The molecule has 0 unspecified atom stereocenters. The Labute approximate surface area is 141 Å². The number of aliphatic imine (C=N–C) groups is 1. The quantitative estimate of drug-likeness (QED) is 0.673. The van der Waals surface area contributed by atoms with Gasteiger partial charge in [0.25, 0.3) is 0 Å². The molecule has 1 aromatic heterocycles. The number of hydrogen-bond donors (Lipinski definition) is 1. The molecule has 3 heteroatoms. The Balaban J connectivity index is 0.000000463. The van der Waals surface area contributed by atoms with E-state index in [2.05, 4.69) is 56.0 Å². The van der Waals surface area contributed by atoms with E-state index < -0.39 is 0 Å². The van der Waals surface area contributed by atoms with Crippen LogP contribution in [0.4, 0.5) is 11.5 Å². The number of aromatic nitrogens is 1. The summed E-state index contributed by atoms with van der Waals surface area (Å²) in [5, 5.41) is 4.30. The lowest BCUT2D eigenvalue weighted by molar-refractivity contribution is 0.626. The third kappa shape index (κ3) is 5.66. The fraction of sp³-hybridized carbons (Fsp3) is 0.500. The van der Waals surface area contributed by atoms with Crippen LogP contribution in [-0.2, 0) is 0 Å². The van der Waals surface area contributed by atoms with E-state index in [1.165, 1.54) is 17.4 Å². The second-order valence-electron chi connectivity index (χ2n) is 6.10. The molecule has 0 aliphatic rings. The molecule has 0 amide bonds. The zero-order valence-corrected chi connectivity index (χ0v) is 15.5. The summed E-state index contributed by atoms with van der Waals surface area (Å²) in [6.07, 6.45) is 5.38. The van der Waals surface area contributed by atoms with Crippen molar-refractivity contribution in [3.8, 4) is 0 Å². The molecule has 2 rings (SSSR count). The van der Waals surface area contributed by atoms with Crippen molar-refractivity contribution in [2.24, 2.45) is 10.9 Å². The molecule has 0 spiro atoms. The van der Waals surface area contributed by atoms with Gasteiger partial charge in [0, 0.05) is 18.6 Å². The standard InChI is InChI=1S/C15H19N3.C5H12/c1-4-5-10-17-14-11(2)12-8-6-7-9-13(12)18-15(14)16-3;1-4-5(2)3/h6-10H,4-5H2,1-3H3,(H,16,18);5H,4H2,1-3H3. The second-order valence-corrected chi connectivity index (χ2v) is 6.10. The first kappa shape index (κ1) is 19.1. The fourth-order valence-corrected chi connectivity index (χ4v) is 1.98. The SMILES string of the molecule is CCC(C)C.CCCC=Nc1c(NC)nc2ccccc2c1C. The van der Waals surface area contributed by atoms with Crippen LogP contribution in [0, 0.1) is 12.8 Å². The Kier molecular flexibility index (Phi) is 8.31. The van der Waals surface area contributed by atoms with Crippen molar-refractivity contribution in [3.05, 3.63) is 29.8 Å². The van der Waals surface area contributed by atoms with Gasteiger partial charge in [-0.05, 0) is 30.9 Å². The van der Waals surface area contributed by atoms with E-state index in [-0.39, 0.29) is 0 Å². The molecular weight excluding hydrogens is 282 g/mol. The molecule has 0 atom stereocenters. The van der Waals surface area contributed by atoms with E-state index in [0.717, 1.165) is 35.8 Å². The van der Waals surface area contributed by atoms with Crippen LogP contribution in [0.15, 0.2) is 29.3 Å². The summed E-state index contributed by atoms with van der Waals surface area (Å²) in [4.78, 5) is 9.17. The van der Waals surface area contributed by atoms with E-state index in [1.54, 1.807) is 0 Å². The van der Waals surface area contributed by atoms with Crippen LogP contribution in [0.3, 0.4) is 0 Å². The van der Waals surface area contributed by atoms with Gasteiger partial charge in [-0.2, -0.15) is 0 Å². The molecule has 1 N–H and O–H groups in total. The lowest BCUT2D eigenvalue weighted by Crippen LogP contribution is -1.96. The molecule has 0 aliphatic heterocycles. The van der Waals surface area contributed by atoms with Crippen LogP contribution in [0.1, 0.15) is 52.5 Å². The molecule has 1 aromatic carbocycles. The summed E-state index contributed by atoms with van der Waals surface area (Å²) >= 11 is 0. The second kappa shape index (κ2) is 9.98. The molecular formula is C20H31N3. The summed E-state index contributed by atoms with van der Waals surface area (Å²) in [5.41, 5.74) is 3.13. The molecule has 2 aromatic rings. The zero-order valence-electron chi connectivity index (χ0n) is 15.5. The van der Waals surface area contributed by atoms with Gasteiger partial charge in [0.1, 0.15) is 5.69 Å². The lowest BCUT2D eigenvalue weighted by Gasteiger charge is -2.10. The van der Waals surface area contributed by atoms with Gasteiger partial charge >= 0.3 is 0 Å². The molecule has 0 bridgehead atoms. The first-order valence-corrected chi connectivity index (χ1v) is 8.64. The smallest absolute Gasteiger partial charge is 0.152 e. The number of fused-ring (bicyclic) bond motifs is 1. The van der Waals surface area contributed by atoms with Crippen molar-refractivity contribution in [1.82, 2.24) is 4.98 Å². The number of rotatable bonds is 5. The lowest BCUT2D eigenvalue weighted by atomic mass is 10.1. The Bertz CT molecular complexity index is 630. The average molecular weight is 313 g/mol. The van der Waals surface area contributed by atoms with E-state index >= 15 is 0 Å². The van der Waals surface area contributed by atoms with Crippen molar-refractivity contribution in [2.45, 2.75) is 53.9 Å². The van der Waals surface area contributed by atoms with Crippen LogP contribution in [0.25, 0.3) is 10.9 Å². The maximum Gasteiger partial charge on any atom is 0.152 e. The maximum atomic E-state index is 4.61. The number of unbranched alkanes of at least 4 members (excludes halogenated alkanes) is 1. The number of pyridine rings is 1. The largest absolute Gasteiger partial charge is 0.371 e. The van der Waals surface area contributed by atoms with Crippen LogP contribution in [-0.4, -0.2) is 18.2 Å². The number of para-hydroxylation sites is 1. The van der Waals surface area contributed by atoms with Gasteiger partial charge in [-0.25, -0.2) is 4.98 Å². The molecule has 3 nitrogen and oxygen atoms in total. The van der Waals surface area contributed by atoms with Gasteiger partial charge in [-0.1, -0.05) is 58.7 Å². The number of hydrogen-bond acceptors (Lipinski definition) is 3. The summed E-state index contributed by atoms with van der Waals surface area (Å²) in [6, 6.07) is 8.17. The minimum atomic E-state index is 0.846. The van der Waals surface area contributed by atoms with Crippen LogP contribution in [0.5, 0.6) is 0 Å². The van der Waals surface area contributed by atoms with E-state index in [9.17, 15) is 0 Å². The van der Waals surface area contributed by atoms with Crippen molar-refractivity contribution >= 4 is 28.6 Å². The molecule has 0 saturated carbocycles. The third-order valence-corrected chi connectivity index (χ3v) is 3.81. The summed E-state index contributed by atoms with van der Waals surface area (Å²) < 4.78 is 0.